The SMILES string of the molecule is NNc1nnc(CN2CCC3CCCCC3C2)s1. The molecule has 100 valence electrons. The van der Waals surface area contributed by atoms with E-state index in [9.17, 15) is 0 Å². The molecule has 1 aliphatic heterocycles. The Morgan fingerprint density at radius 1 is 1.22 bits per heavy atom. The first-order valence-electron chi connectivity index (χ1n) is 6.86. The molecule has 0 radical (unpaired) electrons. The molecule has 1 aromatic heterocycles. The van der Waals surface area contributed by atoms with Gasteiger partial charge in [-0.3, -0.25) is 10.3 Å². The van der Waals surface area contributed by atoms with Crippen molar-refractivity contribution in [3.63, 3.8) is 0 Å². The lowest BCUT2D eigenvalue weighted by Crippen LogP contribution is -2.41. The fourth-order valence-corrected chi connectivity index (χ4v) is 4.08. The molecule has 1 aromatic rings. The number of hydrogen-bond acceptors (Lipinski definition) is 6. The van der Waals surface area contributed by atoms with E-state index in [0.717, 1.165) is 23.4 Å². The van der Waals surface area contributed by atoms with Crippen LogP contribution in [0.15, 0.2) is 0 Å². The van der Waals surface area contributed by atoms with Crippen LogP contribution in [0.2, 0.25) is 0 Å². The fraction of sp³-hybridized carbons (Fsp3) is 0.833. The number of aromatic nitrogens is 2. The Balaban J connectivity index is 1.57. The summed E-state index contributed by atoms with van der Waals surface area (Å²) in [5, 5.41) is 9.93. The van der Waals surface area contributed by atoms with Gasteiger partial charge in [-0.25, -0.2) is 5.84 Å². The average molecular weight is 267 g/mol. The summed E-state index contributed by atoms with van der Waals surface area (Å²) in [7, 11) is 0. The van der Waals surface area contributed by atoms with Gasteiger partial charge in [0, 0.05) is 6.54 Å². The first kappa shape index (κ1) is 12.3. The van der Waals surface area contributed by atoms with Crippen LogP contribution in [0.25, 0.3) is 0 Å². The van der Waals surface area contributed by atoms with E-state index in [4.69, 9.17) is 5.84 Å². The molecule has 18 heavy (non-hydrogen) atoms. The summed E-state index contributed by atoms with van der Waals surface area (Å²) in [4.78, 5) is 2.54. The van der Waals surface area contributed by atoms with Crippen LogP contribution in [0.3, 0.4) is 0 Å². The van der Waals surface area contributed by atoms with E-state index in [-0.39, 0.29) is 0 Å². The third kappa shape index (κ3) is 2.65. The second kappa shape index (κ2) is 5.50. The van der Waals surface area contributed by atoms with Gasteiger partial charge in [-0.2, -0.15) is 0 Å². The highest BCUT2D eigenvalue weighted by Gasteiger charge is 2.31. The molecule has 2 atom stereocenters. The topological polar surface area (TPSA) is 67.1 Å². The van der Waals surface area contributed by atoms with Gasteiger partial charge in [0.2, 0.25) is 5.13 Å². The smallest absolute Gasteiger partial charge is 0.219 e. The van der Waals surface area contributed by atoms with Crippen LogP contribution < -0.4 is 11.3 Å². The minimum atomic E-state index is 0.706. The summed E-state index contributed by atoms with van der Waals surface area (Å²) in [6.07, 6.45) is 7.12. The van der Waals surface area contributed by atoms with E-state index in [1.54, 1.807) is 11.3 Å². The molecule has 1 aliphatic carbocycles. The molecule has 2 heterocycles. The summed E-state index contributed by atoms with van der Waals surface area (Å²) in [5.74, 6) is 7.24. The van der Waals surface area contributed by atoms with Gasteiger partial charge in [0.15, 0.2) is 0 Å². The molecule has 0 spiro atoms. The number of anilines is 1. The quantitative estimate of drug-likeness (QED) is 0.646. The number of nitrogens with two attached hydrogens (primary N) is 1. The minimum absolute atomic E-state index is 0.706. The van der Waals surface area contributed by atoms with Crippen LogP contribution in [0, 0.1) is 11.8 Å². The van der Waals surface area contributed by atoms with E-state index < -0.39 is 0 Å². The number of nitrogens with zero attached hydrogens (tertiary/aromatic N) is 3. The standard InChI is InChI=1S/C12H21N5S/c13-14-12-16-15-11(18-12)8-17-6-5-9-3-1-2-4-10(9)7-17/h9-10H,1-8,13H2,(H,14,16). The predicted octanol–water partition coefficient (Wildman–Crippen LogP) is 1.84. The monoisotopic (exact) mass is 267 g/mol. The second-order valence-electron chi connectivity index (χ2n) is 5.47. The summed E-state index contributed by atoms with van der Waals surface area (Å²) < 4.78 is 0. The minimum Gasteiger partial charge on any atom is -0.298 e. The highest BCUT2D eigenvalue weighted by molar-refractivity contribution is 7.15. The number of nitrogens with one attached hydrogen (secondary N) is 1. The second-order valence-corrected chi connectivity index (χ2v) is 6.54. The molecule has 2 unspecified atom stereocenters. The van der Waals surface area contributed by atoms with E-state index >= 15 is 0 Å². The maximum absolute atomic E-state index is 5.33. The average Bonchev–Trinajstić information content (AvgIpc) is 2.86. The number of likely N-dealkylation sites (tertiary alicyclic amines) is 1. The van der Waals surface area contributed by atoms with Crippen LogP contribution in [-0.4, -0.2) is 28.2 Å². The normalized spacial score (nSPS) is 28.9. The summed E-state index contributed by atoms with van der Waals surface area (Å²) in [5.41, 5.74) is 2.56. The van der Waals surface area contributed by atoms with Crippen molar-refractivity contribution < 1.29 is 0 Å². The molecule has 0 bridgehead atoms. The number of nitrogen functional groups attached to an aromatic ring is 1. The lowest BCUT2D eigenvalue weighted by molar-refractivity contribution is 0.0819. The summed E-state index contributed by atoms with van der Waals surface area (Å²) >= 11 is 1.56. The molecule has 5 nitrogen and oxygen atoms in total. The lowest BCUT2D eigenvalue weighted by Gasteiger charge is -2.41. The van der Waals surface area contributed by atoms with Gasteiger partial charge in [0.05, 0.1) is 6.54 Å². The number of fused-ring (bicyclic) bond motifs is 1. The molecule has 6 heteroatoms. The van der Waals surface area contributed by atoms with Crippen molar-refractivity contribution in [2.45, 2.75) is 38.6 Å². The highest BCUT2D eigenvalue weighted by Crippen LogP contribution is 2.36. The molecule has 2 fully saturated rings. The Hall–Kier alpha value is -0.720. The Labute approximate surface area is 112 Å². The summed E-state index contributed by atoms with van der Waals surface area (Å²) in [6, 6.07) is 0. The Kier molecular flexibility index (Phi) is 3.77. The van der Waals surface area contributed by atoms with Gasteiger partial charge in [-0.05, 0) is 31.2 Å². The van der Waals surface area contributed by atoms with Crippen molar-refractivity contribution >= 4 is 16.5 Å². The Morgan fingerprint density at radius 3 is 2.83 bits per heavy atom. The molecular weight excluding hydrogens is 246 g/mol. The Bertz CT molecular complexity index is 394. The maximum Gasteiger partial charge on any atom is 0.219 e. The van der Waals surface area contributed by atoms with Crippen molar-refractivity contribution in [2.24, 2.45) is 17.7 Å². The van der Waals surface area contributed by atoms with Gasteiger partial charge in [0.1, 0.15) is 5.01 Å². The first-order chi connectivity index (χ1) is 8.85. The number of rotatable bonds is 3. The van der Waals surface area contributed by atoms with E-state index in [2.05, 4.69) is 20.5 Å². The third-order valence-corrected chi connectivity index (χ3v) is 5.16. The van der Waals surface area contributed by atoms with Crippen LogP contribution in [0.5, 0.6) is 0 Å². The first-order valence-corrected chi connectivity index (χ1v) is 7.68. The molecular formula is C12H21N5S. The van der Waals surface area contributed by atoms with E-state index in [1.807, 2.05) is 0 Å². The number of piperidine rings is 1. The summed E-state index contributed by atoms with van der Waals surface area (Å²) in [6.45, 7) is 3.39. The van der Waals surface area contributed by atoms with Crippen LogP contribution in [0.4, 0.5) is 5.13 Å². The van der Waals surface area contributed by atoms with Crippen LogP contribution in [0.1, 0.15) is 37.1 Å². The maximum atomic E-state index is 5.33. The number of hydrogen-bond donors (Lipinski definition) is 2. The van der Waals surface area contributed by atoms with Crippen LogP contribution in [-0.2, 0) is 6.54 Å². The molecule has 1 saturated heterocycles. The van der Waals surface area contributed by atoms with Crippen molar-refractivity contribution in [3.05, 3.63) is 5.01 Å². The van der Waals surface area contributed by atoms with E-state index in [0.29, 0.717) is 5.13 Å². The van der Waals surface area contributed by atoms with Gasteiger partial charge in [-0.1, -0.05) is 30.6 Å². The molecule has 0 aromatic carbocycles. The van der Waals surface area contributed by atoms with Crippen molar-refractivity contribution in [2.75, 3.05) is 18.5 Å². The molecule has 0 amide bonds. The zero-order chi connectivity index (χ0) is 12.4. The van der Waals surface area contributed by atoms with Crippen molar-refractivity contribution in [3.8, 4) is 0 Å². The third-order valence-electron chi connectivity index (χ3n) is 4.32. The fourth-order valence-electron chi connectivity index (χ4n) is 3.39. The van der Waals surface area contributed by atoms with E-state index in [1.165, 1.54) is 45.2 Å². The highest BCUT2D eigenvalue weighted by atomic mass is 32.1. The Morgan fingerprint density at radius 2 is 2.06 bits per heavy atom. The van der Waals surface area contributed by atoms with Gasteiger partial charge in [-0.15, -0.1) is 10.2 Å². The van der Waals surface area contributed by atoms with Crippen LogP contribution >= 0.6 is 11.3 Å². The van der Waals surface area contributed by atoms with Crippen molar-refractivity contribution in [1.29, 1.82) is 0 Å². The zero-order valence-corrected chi connectivity index (χ0v) is 11.5. The van der Waals surface area contributed by atoms with Gasteiger partial charge in [0.25, 0.3) is 0 Å². The predicted molar refractivity (Wildman–Crippen MR) is 73.1 cm³/mol. The molecule has 1 saturated carbocycles. The molecule has 2 aliphatic rings. The van der Waals surface area contributed by atoms with Crippen molar-refractivity contribution in [1.82, 2.24) is 15.1 Å². The zero-order valence-electron chi connectivity index (χ0n) is 10.6. The van der Waals surface area contributed by atoms with Gasteiger partial charge < -0.3 is 0 Å². The molecule has 3 rings (SSSR count). The largest absolute Gasteiger partial charge is 0.298 e. The van der Waals surface area contributed by atoms with Gasteiger partial charge >= 0.3 is 0 Å². The lowest BCUT2D eigenvalue weighted by atomic mass is 9.75. The number of hydrazine groups is 1. The molecule has 3 N–H and O–H groups in total.